The van der Waals surface area contributed by atoms with Gasteiger partial charge in [0.15, 0.2) is 5.58 Å². The maximum Gasteiger partial charge on any atom is 0.227 e. The minimum Gasteiger partial charge on any atom is -0.436 e. The van der Waals surface area contributed by atoms with Crippen molar-refractivity contribution in [2.45, 2.75) is 0 Å². The van der Waals surface area contributed by atoms with Gasteiger partial charge in [-0.1, -0.05) is 84.9 Å². The van der Waals surface area contributed by atoms with Crippen LogP contribution in [0.1, 0.15) is 0 Å². The average Bonchev–Trinajstić information content (AvgIpc) is 3.72. The fourth-order valence-corrected chi connectivity index (χ4v) is 7.37. The standard InChI is InChI=1S/C41H26N2OS/c1-3-9-27(10-4-1)28-15-18-31(19-16-28)43(33-21-24-39-36(26-33)35-13-7-8-14-38(35)45-39)32-20-22-34-30(25-32)17-23-37-40(34)42-41(44-37)29-11-5-2-6-12-29/h1-26H. The number of hydrogen-bond donors (Lipinski definition) is 0. The first kappa shape index (κ1) is 25.8. The number of oxazole rings is 1. The minimum atomic E-state index is 0.638. The smallest absolute Gasteiger partial charge is 0.227 e. The molecule has 45 heavy (non-hydrogen) atoms. The second-order valence-electron chi connectivity index (χ2n) is 11.2. The molecule has 7 aromatic carbocycles. The molecule has 0 aliphatic rings. The summed E-state index contributed by atoms with van der Waals surface area (Å²) in [6.45, 7) is 0. The van der Waals surface area contributed by atoms with Crippen molar-refractivity contribution in [3.8, 4) is 22.6 Å². The zero-order valence-electron chi connectivity index (χ0n) is 24.2. The summed E-state index contributed by atoms with van der Waals surface area (Å²) in [4.78, 5) is 7.27. The van der Waals surface area contributed by atoms with Crippen molar-refractivity contribution in [1.29, 1.82) is 0 Å². The summed E-state index contributed by atoms with van der Waals surface area (Å²) in [5.74, 6) is 0.638. The predicted octanol–water partition coefficient (Wildman–Crippen LogP) is 12.2. The van der Waals surface area contributed by atoms with Gasteiger partial charge < -0.3 is 9.32 Å². The lowest BCUT2D eigenvalue weighted by atomic mass is 10.0. The summed E-state index contributed by atoms with van der Waals surface area (Å²) in [7, 11) is 0. The Hall–Kier alpha value is -5.71. The molecule has 0 N–H and O–H groups in total. The van der Waals surface area contributed by atoms with Crippen LogP contribution in [0.3, 0.4) is 0 Å². The highest BCUT2D eigenvalue weighted by Gasteiger charge is 2.17. The molecule has 2 heterocycles. The first-order valence-corrected chi connectivity index (χ1v) is 15.9. The average molecular weight is 595 g/mol. The van der Waals surface area contributed by atoms with Crippen molar-refractivity contribution >= 4 is 70.4 Å². The molecule has 2 aromatic heterocycles. The van der Waals surface area contributed by atoms with Gasteiger partial charge >= 0.3 is 0 Å². The Balaban J connectivity index is 1.20. The molecule has 0 fully saturated rings. The van der Waals surface area contributed by atoms with Crippen LogP contribution in [0, 0.1) is 0 Å². The van der Waals surface area contributed by atoms with E-state index in [1.54, 1.807) is 0 Å². The van der Waals surface area contributed by atoms with Gasteiger partial charge in [0.1, 0.15) is 5.52 Å². The van der Waals surface area contributed by atoms with E-state index in [2.05, 4.69) is 126 Å². The molecule has 0 bridgehead atoms. The summed E-state index contributed by atoms with van der Waals surface area (Å²) in [5.41, 5.74) is 8.34. The third-order valence-electron chi connectivity index (χ3n) is 8.49. The fourth-order valence-electron chi connectivity index (χ4n) is 6.28. The van der Waals surface area contributed by atoms with Crippen LogP contribution in [-0.2, 0) is 0 Å². The zero-order valence-corrected chi connectivity index (χ0v) is 25.0. The molecule has 0 saturated carbocycles. The monoisotopic (exact) mass is 594 g/mol. The Bertz CT molecular complexity index is 2480. The van der Waals surface area contributed by atoms with E-state index in [1.807, 2.05) is 47.7 Å². The number of rotatable bonds is 5. The molecule has 9 rings (SSSR count). The fraction of sp³-hybridized carbons (Fsp3) is 0. The molecular weight excluding hydrogens is 569 g/mol. The molecule has 0 radical (unpaired) electrons. The molecule has 0 aliphatic carbocycles. The van der Waals surface area contributed by atoms with Crippen LogP contribution in [-0.4, -0.2) is 4.98 Å². The van der Waals surface area contributed by atoms with Crippen LogP contribution in [0.4, 0.5) is 17.1 Å². The number of fused-ring (bicyclic) bond motifs is 6. The molecule has 0 amide bonds. The molecule has 0 atom stereocenters. The van der Waals surface area contributed by atoms with E-state index in [9.17, 15) is 0 Å². The van der Waals surface area contributed by atoms with E-state index >= 15 is 0 Å². The Morgan fingerprint density at radius 2 is 1.11 bits per heavy atom. The number of hydrogen-bond acceptors (Lipinski definition) is 4. The van der Waals surface area contributed by atoms with Gasteiger partial charge in [0, 0.05) is 48.2 Å². The van der Waals surface area contributed by atoms with Gasteiger partial charge in [-0.15, -0.1) is 11.3 Å². The van der Waals surface area contributed by atoms with Crippen LogP contribution in [0.2, 0.25) is 0 Å². The molecule has 4 heteroatoms. The Labute approximate surface area is 264 Å². The van der Waals surface area contributed by atoms with Gasteiger partial charge in [0.25, 0.3) is 0 Å². The number of thiophene rings is 1. The molecular formula is C41H26N2OS. The normalized spacial score (nSPS) is 11.6. The first-order chi connectivity index (χ1) is 22.3. The molecule has 212 valence electrons. The first-order valence-electron chi connectivity index (χ1n) is 15.0. The highest BCUT2D eigenvalue weighted by molar-refractivity contribution is 7.25. The molecule has 0 spiro atoms. The summed E-state index contributed by atoms with van der Waals surface area (Å²) in [6.07, 6.45) is 0. The second kappa shape index (κ2) is 10.5. The lowest BCUT2D eigenvalue weighted by Gasteiger charge is -2.26. The van der Waals surface area contributed by atoms with Crippen LogP contribution in [0.5, 0.6) is 0 Å². The summed E-state index contributed by atoms with van der Waals surface area (Å²) >= 11 is 1.84. The lowest BCUT2D eigenvalue weighted by Crippen LogP contribution is -2.09. The SMILES string of the molecule is c1ccc(-c2ccc(N(c3ccc4c(ccc5oc(-c6ccccc6)nc54)c3)c3ccc4sc5ccccc5c4c3)cc2)cc1. The number of anilines is 3. The maximum atomic E-state index is 6.17. The second-order valence-corrected chi connectivity index (χ2v) is 12.3. The van der Waals surface area contributed by atoms with Gasteiger partial charge in [-0.05, 0) is 89.3 Å². The molecule has 3 nitrogen and oxygen atoms in total. The van der Waals surface area contributed by atoms with Crippen LogP contribution in [0.15, 0.2) is 162 Å². The van der Waals surface area contributed by atoms with Crippen LogP contribution < -0.4 is 4.90 Å². The largest absolute Gasteiger partial charge is 0.436 e. The van der Waals surface area contributed by atoms with Gasteiger partial charge in [0.05, 0.1) is 0 Å². The third kappa shape index (κ3) is 4.46. The molecule has 9 aromatic rings. The summed E-state index contributed by atoms with van der Waals surface area (Å²) in [5, 5.41) is 4.75. The van der Waals surface area contributed by atoms with Crippen molar-refractivity contribution in [2.24, 2.45) is 0 Å². The maximum absolute atomic E-state index is 6.17. The van der Waals surface area contributed by atoms with E-state index in [4.69, 9.17) is 9.40 Å². The van der Waals surface area contributed by atoms with Crippen LogP contribution in [0.25, 0.3) is 64.6 Å². The Morgan fingerprint density at radius 1 is 0.467 bits per heavy atom. The molecule has 0 aliphatic heterocycles. The molecule has 0 unspecified atom stereocenters. The zero-order chi connectivity index (χ0) is 29.7. The lowest BCUT2D eigenvalue weighted by molar-refractivity contribution is 0.620. The summed E-state index contributed by atoms with van der Waals surface area (Å²) in [6, 6.07) is 55.7. The van der Waals surface area contributed by atoms with E-state index in [1.165, 1.54) is 31.3 Å². The number of aromatic nitrogens is 1. The third-order valence-corrected chi connectivity index (χ3v) is 9.64. The van der Waals surface area contributed by atoms with Crippen molar-refractivity contribution < 1.29 is 4.42 Å². The van der Waals surface area contributed by atoms with Crippen molar-refractivity contribution in [3.05, 3.63) is 158 Å². The van der Waals surface area contributed by atoms with E-state index < -0.39 is 0 Å². The summed E-state index contributed by atoms with van der Waals surface area (Å²) < 4.78 is 8.77. The number of nitrogens with zero attached hydrogens (tertiary/aromatic N) is 2. The van der Waals surface area contributed by atoms with Crippen LogP contribution >= 0.6 is 11.3 Å². The Morgan fingerprint density at radius 3 is 1.93 bits per heavy atom. The van der Waals surface area contributed by atoms with Crippen molar-refractivity contribution in [1.82, 2.24) is 4.98 Å². The predicted molar refractivity (Wildman–Crippen MR) is 190 cm³/mol. The quantitative estimate of drug-likeness (QED) is 0.198. The highest BCUT2D eigenvalue weighted by Crippen LogP contribution is 2.42. The van der Waals surface area contributed by atoms with E-state index in [0.29, 0.717) is 5.89 Å². The Kier molecular flexibility index (Phi) is 6.00. The van der Waals surface area contributed by atoms with Gasteiger partial charge in [-0.2, -0.15) is 0 Å². The highest BCUT2D eigenvalue weighted by atomic mass is 32.1. The topological polar surface area (TPSA) is 29.3 Å². The van der Waals surface area contributed by atoms with E-state index in [-0.39, 0.29) is 0 Å². The van der Waals surface area contributed by atoms with Gasteiger partial charge in [0.2, 0.25) is 5.89 Å². The van der Waals surface area contributed by atoms with Gasteiger partial charge in [-0.25, -0.2) is 4.98 Å². The van der Waals surface area contributed by atoms with Crippen molar-refractivity contribution in [3.63, 3.8) is 0 Å². The van der Waals surface area contributed by atoms with Crippen molar-refractivity contribution in [2.75, 3.05) is 4.90 Å². The molecule has 0 saturated heterocycles. The minimum absolute atomic E-state index is 0.638. The van der Waals surface area contributed by atoms with E-state index in [0.717, 1.165) is 44.5 Å². The van der Waals surface area contributed by atoms with Gasteiger partial charge in [-0.3, -0.25) is 0 Å². The number of benzene rings is 7.